The molecule has 0 saturated heterocycles. The number of nitrogens with zero attached hydrogens (tertiary/aromatic N) is 1. The van der Waals surface area contributed by atoms with Crippen molar-refractivity contribution < 1.29 is 14.7 Å². The van der Waals surface area contributed by atoms with Gasteiger partial charge in [0.25, 0.3) is 5.91 Å². The van der Waals surface area contributed by atoms with Crippen LogP contribution in [-0.2, 0) is 16.2 Å². The van der Waals surface area contributed by atoms with Crippen molar-refractivity contribution in [3.8, 4) is 0 Å². The standard InChI is InChI=1S/C26H36N2O3S/c1-25-11-9-18(28-31-16-24(30)27-15-19-4-3-13-32-19)14-17(25)5-6-20-21-7-8-23(29)26(21,2)12-10-22(20)25/h3-4,13-14,20-23,29H,5-12,15-16H2,1-2H3,(H,27,30)/t20-,21+,22-,23-,25+,26+/m1/s1. The van der Waals surface area contributed by atoms with Gasteiger partial charge in [0, 0.05) is 4.88 Å². The first kappa shape index (κ1) is 22.1. The third-order valence-electron chi connectivity index (χ3n) is 9.34. The highest BCUT2D eigenvalue weighted by Crippen LogP contribution is 2.65. The van der Waals surface area contributed by atoms with E-state index in [-0.39, 0.29) is 29.4 Å². The monoisotopic (exact) mass is 456 g/mol. The Bertz CT molecular complexity index is 910. The minimum Gasteiger partial charge on any atom is -0.393 e. The van der Waals surface area contributed by atoms with Gasteiger partial charge < -0.3 is 15.3 Å². The summed E-state index contributed by atoms with van der Waals surface area (Å²) in [5, 5.41) is 19.8. The molecule has 1 amide bonds. The van der Waals surface area contributed by atoms with Crippen LogP contribution in [0.3, 0.4) is 0 Å². The van der Waals surface area contributed by atoms with Crippen LogP contribution in [0.25, 0.3) is 0 Å². The third-order valence-corrected chi connectivity index (χ3v) is 10.2. The molecule has 0 spiro atoms. The molecule has 4 aliphatic rings. The smallest absolute Gasteiger partial charge is 0.261 e. The molecule has 2 N–H and O–H groups in total. The van der Waals surface area contributed by atoms with Crippen LogP contribution in [0.15, 0.2) is 34.3 Å². The average molecular weight is 457 g/mol. The summed E-state index contributed by atoms with van der Waals surface area (Å²) in [6, 6.07) is 3.99. The van der Waals surface area contributed by atoms with Crippen molar-refractivity contribution in [2.75, 3.05) is 6.61 Å². The van der Waals surface area contributed by atoms with Gasteiger partial charge in [-0.15, -0.1) is 11.3 Å². The molecule has 0 radical (unpaired) electrons. The van der Waals surface area contributed by atoms with E-state index < -0.39 is 0 Å². The van der Waals surface area contributed by atoms with Crippen LogP contribution in [0.1, 0.15) is 70.1 Å². The number of nitrogens with one attached hydrogen (secondary N) is 1. The van der Waals surface area contributed by atoms with E-state index >= 15 is 0 Å². The Morgan fingerprint density at radius 1 is 1.22 bits per heavy atom. The van der Waals surface area contributed by atoms with E-state index in [1.807, 2.05) is 17.5 Å². The first-order valence-corrected chi connectivity index (χ1v) is 13.1. The van der Waals surface area contributed by atoms with Crippen LogP contribution in [0.2, 0.25) is 0 Å². The zero-order valence-corrected chi connectivity index (χ0v) is 20.1. The number of aliphatic hydroxyl groups is 1. The van der Waals surface area contributed by atoms with E-state index in [2.05, 4.69) is 30.4 Å². The molecular weight excluding hydrogens is 420 g/mol. The highest BCUT2D eigenvalue weighted by atomic mass is 32.1. The van der Waals surface area contributed by atoms with Crippen molar-refractivity contribution in [2.24, 2.45) is 33.7 Å². The van der Waals surface area contributed by atoms with Crippen LogP contribution in [-0.4, -0.2) is 29.4 Å². The van der Waals surface area contributed by atoms with Gasteiger partial charge in [-0.05, 0) is 97.5 Å². The van der Waals surface area contributed by atoms with Crippen LogP contribution >= 0.6 is 11.3 Å². The minimum absolute atomic E-state index is 0.0391. The van der Waals surface area contributed by atoms with E-state index in [0.29, 0.717) is 12.5 Å². The molecule has 1 aromatic heterocycles. The van der Waals surface area contributed by atoms with Crippen molar-refractivity contribution >= 4 is 23.0 Å². The fourth-order valence-corrected chi connectivity index (χ4v) is 8.08. The Morgan fingerprint density at radius 3 is 2.91 bits per heavy atom. The van der Waals surface area contributed by atoms with Crippen molar-refractivity contribution in [3.05, 3.63) is 34.0 Å². The molecule has 1 aromatic rings. The summed E-state index contributed by atoms with van der Waals surface area (Å²) in [5.74, 6) is 2.01. The molecule has 3 saturated carbocycles. The highest BCUT2D eigenvalue weighted by molar-refractivity contribution is 7.09. The van der Waals surface area contributed by atoms with Crippen molar-refractivity contribution in [2.45, 2.75) is 77.9 Å². The molecule has 0 aromatic carbocycles. The topological polar surface area (TPSA) is 70.9 Å². The first-order chi connectivity index (χ1) is 15.4. The van der Waals surface area contributed by atoms with Crippen LogP contribution in [0, 0.1) is 28.6 Å². The summed E-state index contributed by atoms with van der Waals surface area (Å²) >= 11 is 1.63. The molecule has 4 aliphatic carbocycles. The van der Waals surface area contributed by atoms with E-state index in [0.717, 1.165) is 54.5 Å². The van der Waals surface area contributed by atoms with Crippen LogP contribution in [0.4, 0.5) is 0 Å². The molecule has 0 unspecified atom stereocenters. The SMILES string of the molecule is C[C@]12CC[C@@H]3[C@H](CCC4=CC(=NOCC(=O)NCc5cccs5)CC[C@@]43C)[C@@H]1CC[C@H]2O. The molecule has 1 heterocycles. The number of amides is 1. The van der Waals surface area contributed by atoms with E-state index in [9.17, 15) is 9.90 Å². The molecule has 5 rings (SSSR count). The lowest BCUT2D eigenvalue weighted by molar-refractivity contribution is -0.125. The lowest BCUT2D eigenvalue weighted by Crippen LogP contribution is -2.51. The molecular formula is C26H36N2O3S. The van der Waals surface area contributed by atoms with Gasteiger partial charge in [-0.2, -0.15) is 0 Å². The third kappa shape index (κ3) is 3.83. The number of carbonyl (C=O) groups excluding carboxylic acids is 1. The second-order valence-electron chi connectivity index (χ2n) is 10.9. The Labute approximate surface area is 195 Å². The van der Waals surface area contributed by atoms with E-state index in [1.54, 1.807) is 11.3 Å². The predicted molar refractivity (Wildman–Crippen MR) is 127 cm³/mol. The number of rotatable bonds is 5. The molecule has 32 heavy (non-hydrogen) atoms. The van der Waals surface area contributed by atoms with E-state index in [4.69, 9.17) is 4.84 Å². The summed E-state index contributed by atoms with van der Waals surface area (Å²) in [6.45, 7) is 5.32. The largest absolute Gasteiger partial charge is 0.393 e. The Morgan fingerprint density at radius 2 is 2.09 bits per heavy atom. The second-order valence-corrected chi connectivity index (χ2v) is 11.9. The average Bonchev–Trinajstić information content (AvgIpc) is 3.40. The molecule has 6 atom stereocenters. The van der Waals surface area contributed by atoms with Gasteiger partial charge >= 0.3 is 0 Å². The fraction of sp³-hybridized carbons (Fsp3) is 0.692. The second kappa shape index (κ2) is 8.60. The van der Waals surface area contributed by atoms with Crippen LogP contribution < -0.4 is 5.32 Å². The molecule has 3 fully saturated rings. The lowest BCUT2D eigenvalue weighted by atomic mass is 9.47. The first-order valence-electron chi connectivity index (χ1n) is 12.3. The highest BCUT2D eigenvalue weighted by Gasteiger charge is 2.58. The number of carbonyl (C=O) groups is 1. The van der Waals surface area contributed by atoms with Gasteiger partial charge in [-0.3, -0.25) is 4.79 Å². The maximum Gasteiger partial charge on any atom is 0.261 e. The van der Waals surface area contributed by atoms with Gasteiger partial charge in [0.05, 0.1) is 18.4 Å². The number of allylic oxidation sites excluding steroid dienone is 2. The summed E-state index contributed by atoms with van der Waals surface area (Å²) in [5.41, 5.74) is 2.88. The van der Waals surface area contributed by atoms with Gasteiger partial charge in [-0.25, -0.2) is 0 Å². The van der Waals surface area contributed by atoms with Crippen molar-refractivity contribution in [1.29, 1.82) is 0 Å². The Balaban J connectivity index is 1.20. The van der Waals surface area contributed by atoms with Crippen molar-refractivity contribution in [3.63, 3.8) is 0 Å². The Hall–Kier alpha value is -1.66. The molecule has 0 bridgehead atoms. The number of oxime groups is 1. The maximum absolute atomic E-state index is 12.0. The van der Waals surface area contributed by atoms with E-state index in [1.165, 1.54) is 24.8 Å². The summed E-state index contributed by atoms with van der Waals surface area (Å²) in [4.78, 5) is 18.6. The summed E-state index contributed by atoms with van der Waals surface area (Å²) in [7, 11) is 0. The summed E-state index contributed by atoms with van der Waals surface area (Å²) < 4.78 is 0. The number of hydrogen-bond acceptors (Lipinski definition) is 5. The molecule has 5 nitrogen and oxygen atoms in total. The number of thiophene rings is 1. The lowest BCUT2D eigenvalue weighted by Gasteiger charge is -2.57. The molecule has 6 heteroatoms. The molecule has 174 valence electrons. The zero-order valence-electron chi connectivity index (χ0n) is 19.3. The summed E-state index contributed by atoms with van der Waals surface area (Å²) in [6.07, 6.45) is 11.1. The quantitative estimate of drug-likeness (QED) is 0.609. The van der Waals surface area contributed by atoms with Gasteiger partial charge in [-0.1, -0.05) is 30.6 Å². The van der Waals surface area contributed by atoms with Gasteiger partial charge in [0.2, 0.25) is 0 Å². The predicted octanol–water partition coefficient (Wildman–Crippen LogP) is 5.06. The number of aliphatic hydroxyl groups excluding tert-OH is 1. The van der Waals surface area contributed by atoms with Crippen molar-refractivity contribution in [1.82, 2.24) is 5.32 Å². The van der Waals surface area contributed by atoms with Gasteiger partial charge in [0.1, 0.15) is 0 Å². The maximum atomic E-state index is 12.0. The minimum atomic E-state index is -0.138. The number of hydrogen-bond donors (Lipinski definition) is 2. The fourth-order valence-electron chi connectivity index (χ4n) is 7.44. The zero-order chi connectivity index (χ0) is 22.3. The Kier molecular flexibility index (Phi) is 5.95. The van der Waals surface area contributed by atoms with Gasteiger partial charge in [0.15, 0.2) is 6.61 Å². The molecule has 0 aliphatic heterocycles. The van der Waals surface area contributed by atoms with Crippen LogP contribution in [0.5, 0.6) is 0 Å². The normalized spacial score (nSPS) is 39.6. The number of fused-ring (bicyclic) bond motifs is 5.